The number of fused-ring (bicyclic) bond motifs is 1. The molecule has 1 aliphatic carbocycles. The van der Waals surface area contributed by atoms with Crippen LogP contribution in [0, 0.1) is 17.8 Å². The lowest BCUT2D eigenvalue weighted by atomic mass is 10.00. The lowest BCUT2D eigenvalue weighted by Crippen LogP contribution is -1.98. The quantitative estimate of drug-likeness (QED) is 0.642. The number of nitrogens with zero attached hydrogens (tertiary/aromatic N) is 2. The van der Waals surface area contributed by atoms with Crippen LogP contribution in [0.2, 0.25) is 0 Å². The zero-order chi connectivity index (χ0) is 12.5. The van der Waals surface area contributed by atoms with Crippen LogP contribution in [0.25, 0.3) is 11.0 Å². The zero-order valence-corrected chi connectivity index (χ0v) is 10.4. The first-order chi connectivity index (χ1) is 8.81. The molecule has 3 rings (SSSR count). The lowest BCUT2D eigenvalue weighted by molar-refractivity contribution is 0.350. The van der Waals surface area contributed by atoms with Gasteiger partial charge in [-0.05, 0) is 30.9 Å². The minimum atomic E-state index is -0.160. The van der Waals surface area contributed by atoms with Gasteiger partial charge >= 0.3 is 0 Å². The van der Waals surface area contributed by atoms with Crippen LogP contribution >= 0.6 is 11.6 Å². The van der Waals surface area contributed by atoms with Gasteiger partial charge in [-0.1, -0.05) is 11.8 Å². The first kappa shape index (κ1) is 11.5. The van der Waals surface area contributed by atoms with Crippen LogP contribution in [0.5, 0.6) is 0 Å². The van der Waals surface area contributed by atoms with Gasteiger partial charge in [-0.15, -0.1) is 11.6 Å². The highest BCUT2D eigenvalue weighted by Gasteiger charge is 2.33. The molecule has 18 heavy (non-hydrogen) atoms. The third kappa shape index (κ3) is 1.96. The number of hydrogen-bond donors (Lipinski definition) is 2. The fraction of sp³-hybridized carbons (Fsp3) is 0.385. The Morgan fingerprint density at radius 1 is 1.44 bits per heavy atom. The molecule has 0 spiro atoms. The number of aromatic nitrogens is 3. The SMILES string of the molecule is OCC#Cc1ccc2n[nH]nc2c1C(Cl)C1CC1. The van der Waals surface area contributed by atoms with Crippen molar-refractivity contribution in [3.8, 4) is 11.8 Å². The molecule has 1 aliphatic rings. The molecular formula is C13H12ClN3O. The van der Waals surface area contributed by atoms with Gasteiger partial charge < -0.3 is 5.11 Å². The highest BCUT2D eigenvalue weighted by atomic mass is 35.5. The number of rotatable bonds is 2. The van der Waals surface area contributed by atoms with E-state index in [0.717, 1.165) is 35.0 Å². The molecule has 0 bridgehead atoms. The van der Waals surface area contributed by atoms with E-state index in [0.29, 0.717) is 5.92 Å². The van der Waals surface area contributed by atoms with Crippen molar-refractivity contribution in [2.24, 2.45) is 5.92 Å². The van der Waals surface area contributed by atoms with E-state index in [-0.39, 0.29) is 12.0 Å². The number of H-pyrrole nitrogens is 1. The number of aliphatic hydroxyl groups is 1. The number of nitrogens with one attached hydrogen (secondary N) is 1. The summed E-state index contributed by atoms with van der Waals surface area (Å²) in [6.07, 6.45) is 2.30. The van der Waals surface area contributed by atoms with Gasteiger partial charge in [-0.25, -0.2) is 0 Å². The molecule has 2 N–H and O–H groups in total. The van der Waals surface area contributed by atoms with Crippen LogP contribution in [0.1, 0.15) is 29.3 Å². The minimum Gasteiger partial charge on any atom is -0.384 e. The Balaban J connectivity index is 2.17. The Hall–Kier alpha value is -1.57. The van der Waals surface area contributed by atoms with Crippen LogP contribution in [0.3, 0.4) is 0 Å². The fourth-order valence-corrected chi connectivity index (χ4v) is 2.55. The molecule has 0 radical (unpaired) electrons. The Labute approximate surface area is 109 Å². The number of benzene rings is 1. The third-order valence-corrected chi connectivity index (χ3v) is 3.72. The Morgan fingerprint density at radius 2 is 2.28 bits per heavy atom. The van der Waals surface area contributed by atoms with Gasteiger partial charge in [0, 0.05) is 11.1 Å². The van der Waals surface area contributed by atoms with Gasteiger partial charge in [0.2, 0.25) is 0 Å². The Kier molecular flexibility index (Phi) is 2.94. The van der Waals surface area contributed by atoms with E-state index in [1.165, 1.54) is 0 Å². The minimum absolute atomic E-state index is 0.0817. The molecule has 1 unspecified atom stereocenters. The highest BCUT2D eigenvalue weighted by molar-refractivity contribution is 6.22. The number of aliphatic hydroxyl groups excluding tert-OH is 1. The summed E-state index contributed by atoms with van der Waals surface area (Å²) in [7, 11) is 0. The molecule has 1 heterocycles. The number of alkyl halides is 1. The summed E-state index contributed by atoms with van der Waals surface area (Å²) in [5, 5.41) is 19.6. The van der Waals surface area contributed by atoms with Crippen molar-refractivity contribution < 1.29 is 5.11 Å². The molecule has 1 aromatic carbocycles. The van der Waals surface area contributed by atoms with Crippen molar-refractivity contribution in [3.63, 3.8) is 0 Å². The Morgan fingerprint density at radius 3 is 3.00 bits per heavy atom. The normalized spacial score (nSPS) is 16.3. The van der Waals surface area contributed by atoms with Crippen LogP contribution in [0.15, 0.2) is 12.1 Å². The smallest absolute Gasteiger partial charge is 0.118 e. The van der Waals surface area contributed by atoms with E-state index < -0.39 is 0 Å². The van der Waals surface area contributed by atoms with Crippen LogP contribution < -0.4 is 0 Å². The van der Waals surface area contributed by atoms with Crippen LogP contribution in [0.4, 0.5) is 0 Å². The van der Waals surface area contributed by atoms with E-state index in [2.05, 4.69) is 27.3 Å². The van der Waals surface area contributed by atoms with E-state index in [1.54, 1.807) is 0 Å². The average molecular weight is 262 g/mol. The summed E-state index contributed by atoms with van der Waals surface area (Å²) < 4.78 is 0. The van der Waals surface area contributed by atoms with E-state index in [9.17, 15) is 0 Å². The van der Waals surface area contributed by atoms with Gasteiger partial charge in [-0.3, -0.25) is 0 Å². The van der Waals surface area contributed by atoms with Crippen molar-refractivity contribution in [1.29, 1.82) is 0 Å². The second-order valence-electron chi connectivity index (χ2n) is 4.42. The fourth-order valence-electron chi connectivity index (χ4n) is 2.08. The molecule has 1 atom stereocenters. The predicted octanol–water partition coefficient (Wildman–Crippen LogP) is 1.99. The summed E-state index contributed by atoms with van der Waals surface area (Å²) in [6, 6.07) is 3.75. The van der Waals surface area contributed by atoms with E-state index >= 15 is 0 Å². The molecule has 0 amide bonds. The van der Waals surface area contributed by atoms with Crippen molar-refractivity contribution in [2.45, 2.75) is 18.2 Å². The van der Waals surface area contributed by atoms with Gasteiger partial charge in [-0.2, -0.15) is 15.4 Å². The summed E-state index contributed by atoms with van der Waals surface area (Å²) in [5.74, 6) is 6.11. The molecule has 5 heteroatoms. The van der Waals surface area contributed by atoms with Gasteiger partial charge in [0.1, 0.15) is 17.6 Å². The average Bonchev–Trinajstić information content (AvgIpc) is 3.13. The van der Waals surface area contributed by atoms with Crippen LogP contribution in [-0.2, 0) is 0 Å². The van der Waals surface area contributed by atoms with Crippen molar-refractivity contribution in [2.75, 3.05) is 6.61 Å². The van der Waals surface area contributed by atoms with Crippen molar-refractivity contribution in [3.05, 3.63) is 23.3 Å². The molecule has 92 valence electrons. The zero-order valence-electron chi connectivity index (χ0n) is 9.65. The summed E-state index contributed by atoms with van der Waals surface area (Å²) in [6.45, 7) is -0.160. The second kappa shape index (κ2) is 4.60. The standard InChI is InChI=1S/C13H12ClN3O/c14-12(9-3-4-9)11-8(2-1-7-18)5-6-10-13(11)16-17-15-10/h5-6,9,12,18H,3-4,7H2,(H,15,16,17). The number of halogens is 1. The topological polar surface area (TPSA) is 61.8 Å². The van der Waals surface area contributed by atoms with Gasteiger partial charge in [0.25, 0.3) is 0 Å². The molecule has 1 fully saturated rings. The number of aromatic amines is 1. The molecule has 1 saturated carbocycles. The molecule has 2 aromatic rings. The van der Waals surface area contributed by atoms with Gasteiger partial charge in [0.15, 0.2) is 0 Å². The third-order valence-electron chi connectivity index (χ3n) is 3.14. The van der Waals surface area contributed by atoms with Crippen LogP contribution in [-0.4, -0.2) is 27.1 Å². The first-order valence-corrected chi connectivity index (χ1v) is 6.32. The summed E-state index contributed by atoms with van der Waals surface area (Å²) >= 11 is 6.51. The van der Waals surface area contributed by atoms with E-state index in [4.69, 9.17) is 16.7 Å². The molecule has 4 nitrogen and oxygen atoms in total. The lowest BCUT2D eigenvalue weighted by Gasteiger charge is -2.11. The molecule has 0 aliphatic heterocycles. The summed E-state index contributed by atoms with van der Waals surface area (Å²) in [4.78, 5) is 0. The highest BCUT2D eigenvalue weighted by Crippen LogP contribution is 2.47. The maximum Gasteiger partial charge on any atom is 0.118 e. The largest absolute Gasteiger partial charge is 0.384 e. The first-order valence-electron chi connectivity index (χ1n) is 5.88. The second-order valence-corrected chi connectivity index (χ2v) is 4.89. The van der Waals surface area contributed by atoms with Crippen molar-refractivity contribution >= 4 is 22.6 Å². The monoisotopic (exact) mass is 261 g/mol. The molecule has 0 saturated heterocycles. The predicted molar refractivity (Wildman–Crippen MR) is 69.2 cm³/mol. The summed E-state index contributed by atoms with van der Waals surface area (Å²) in [5.41, 5.74) is 3.35. The van der Waals surface area contributed by atoms with Crippen molar-refractivity contribution in [1.82, 2.24) is 15.4 Å². The maximum atomic E-state index is 8.81. The van der Waals surface area contributed by atoms with Gasteiger partial charge in [0.05, 0.1) is 5.38 Å². The maximum absolute atomic E-state index is 8.81. The molecule has 1 aromatic heterocycles. The number of hydrogen-bond acceptors (Lipinski definition) is 3. The Bertz CT molecular complexity index is 636. The molecular weight excluding hydrogens is 250 g/mol. The van der Waals surface area contributed by atoms with E-state index in [1.807, 2.05) is 12.1 Å².